The molecule has 40 heavy (non-hydrogen) atoms. The zero-order chi connectivity index (χ0) is 28.4. The maximum atomic E-state index is 13.3. The van der Waals surface area contributed by atoms with E-state index in [0.717, 1.165) is 16.7 Å². The number of benzene rings is 3. The van der Waals surface area contributed by atoms with Gasteiger partial charge >= 0.3 is 6.18 Å². The number of hydrogen-bond donors (Lipinski definition) is 0. The highest BCUT2D eigenvalue weighted by atomic mass is 32.2. The predicted octanol–water partition coefficient (Wildman–Crippen LogP) is 6.04. The van der Waals surface area contributed by atoms with Crippen molar-refractivity contribution in [3.05, 3.63) is 106 Å². The number of amides is 3. The van der Waals surface area contributed by atoms with E-state index in [1.165, 1.54) is 36.4 Å². The van der Waals surface area contributed by atoms with Gasteiger partial charge in [0.05, 0.1) is 17.0 Å². The molecule has 0 spiro atoms. The molecule has 2 fully saturated rings. The summed E-state index contributed by atoms with van der Waals surface area (Å²) in [5.74, 6) is -1.12. The van der Waals surface area contributed by atoms with Crippen molar-refractivity contribution in [3.63, 3.8) is 0 Å². The van der Waals surface area contributed by atoms with Crippen molar-refractivity contribution >= 4 is 40.6 Å². The Labute approximate surface area is 231 Å². The third kappa shape index (κ3) is 5.89. The molecular weight excluding hydrogens is 546 g/mol. The van der Waals surface area contributed by atoms with Gasteiger partial charge in [-0.2, -0.15) is 13.2 Å². The molecule has 2 heterocycles. The van der Waals surface area contributed by atoms with Crippen LogP contribution in [0, 0.1) is 5.82 Å². The summed E-state index contributed by atoms with van der Waals surface area (Å²) in [4.78, 5) is 43.0. The van der Waals surface area contributed by atoms with Crippen LogP contribution in [0.2, 0.25) is 0 Å². The minimum atomic E-state index is -4.61. The lowest BCUT2D eigenvalue weighted by Gasteiger charge is -2.36. The fraction of sp³-hybridized carbons (Fsp3) is 0.207. The second kappa shape index (κ2) is 11.2. The van der Waals surface area contributed by atoms with Crippen LogP contribution in [0.1, 0.15) is 27.0 Å². The molecule has 3 aromatic carbocycles. The van der Waals surface area contributed by atoms with Crippen molar-refractivity contribution in [2.75, 3.05) is 31.1 Å². The molecule has 0 bridgehead atoms. The molecule has 0 radical (unpaired) electrons. The molecule has 0 saturated carbocycles. The fourth-order valence-electron chi connectivity index (χ4n) is 4.62. The number of rotatable bonds is 5. The molecule has 5 rings (SSSR count). The molecule has 2 aliphatic heterocycles. The number of anilines is 1. The van der Waals surface area contributed by atoms with Gasteiger partial charge in [-0.3, -0.25) is 19.3 Å². The van der Waals surface area contributed by atoms with Gasteiger partial charge in [0.15, 0.2) is 0 Å². The summed E-state index contributed by atoms with van der Waals surface area (Å²) < 4.78 is 53.2. The monoisotopic (exact) mass is 569 g/mol. The van der Waals surface area contributed by atoms with Gasteiger partial charge in [0, 0.05) is 37.4 Å². The van der Waals surface area contributed by atoms with Gasteiger partial charge in [0.25, 0.3) is 17.1 Å². The fourth-order valence-corrected chi connectivity index (χ4v) is 5.46. The molecule has 2 saturated heterocycles. The van der Waals surface area contributed by atoms with Gasteiger partial charge in [-0.05, 0) is 71.4 Å². The molecule has 0 aliphatic carbocycles. The SMILES string of the molecule is O=C(c1ccc(C=C2SC(=O)N(Cc3ccccc3C(F)(F)F)C2=O)cc1)N1CCN(c2ccc(F)cc2)CC1. The second-order valence-electron chi connectivity index (χ2n) is 9.30. The average molecular weight is 570 g/mol. The standard InChI is InChI=1S/C29H23F4N3O3S/c30-22-9-11-23(12-10-22)34-13-15-35(16-14-34)26(37)20-7-5-19(6-8-20)17-25-27(38)36(28(39)40-25)18-21-3-1-2-4-24(21)29(31,32)33/h1-12,17H,13-16,18H2. The van der Waals surface area contributed by atoms with Gasteiger partial charge in [-0.15, -0.1) is 0 Å². The average Bonchev–Trinajstić information content (AvgIpc) is 3.20. The lowest BCUT2D eigenvalue weighted by atomic mass is 10.1. The van der Waals surface area contributed by atoms with E-state index in [9.17, 15) is 31.9 Å². The Morgan fingerprint density at radius 3 is 2.17 bits per heavy atom. The van der Waals surface area contributed by atoms with Crippen molar-refractivity contribution < 1.29 is 31.9 Å². The molecule has 0 atom stereocenters. The number of carbonyl (C=O) groups excluding carboxylic acids is 3. The largest absolute Gasteiger partial charge is 0.416 e. The lowest BCUT2D eigenvalue weighted by molar-refractivity contribution is -0.139. The minimum absolute atomic E-state index is 0.0884. The molecule has 0 aromatic heterocycles. The number of halogens is 4. The lowest BCUT2D eigenvalue weighted by Crippen LogP contribution is -2.48. The van der Waals surface area contributed by atoms with Crippen LogP contribution in [0.4, 0.5) is 28.0 Å². The quantitative estimate of drug-likeness (QED) is 0.277. The molecule has 0 unspecified atom stereocenters. The Morgan fingerprint density at radius 2 is 1.52 bits per heavy atom. The molecule has 3 aromatic rings. The Kier molecular flexibility index (Phi) is 7.66. The van der Waals surface area contributed by atoms with Crippen molar-refractivity contribution in [3.8, 4) is 0 Å². The van der Waals surface area contributed by atoms with Gasteiger partial charge in [0.1, 0.15) is 5.82 Å². The highest BCUT2D eigenvalue weighted by Crippen LogP contribution is 2.36. The van der Waals surface area contributed by atoms with E-state index in [2.05, 4.69) is 4.90 Å². The molecule has 3 amide bonds. The molecular formula is C29H23F4N3O3S. The van der Waals surface area contributed by atoms with Crippen LogP contribution in [-0.4, -0.2) is 53.0 Å². The topological polar surface area (TPSA) is 60.9 Å². The van der Waals surface area contributed by atoms with E-state index in [0.29, 0.717) is 49.1 Å². The summed E-state index contributed by atoms with van der Waals surface area (Å²) in [6.45, 7) is 1.74. The number of imide groups is 1. The van der Waals surface area contributed by atoms with Crippen LogP contribution < -0.4 is 4.90 Å². The zero-order valence-electron chi connectivity index (χ0n) is 21.0. The first kappa shape index (κ1) is 27.4. The molecule has 206 valence electrons. The number of piperazine rings is 1. The Hall–Kier alpha value is -4.12. The van der Waals surface area contributed by atoms with E-state index in [1.54, 1.807) is 41.3 Å². The summed E-state index contributed by atoms with van der Waals surface area (Å²) in [6.07, 6.45) is -3.13. The Balaban J connectivity index is 1.22. The smallest absolute Gasteiger partial charge is 0.368 e. The van der Waals surface area contributed by atoms with Crippen molar-refractivity contribution in [1.29, 1.82) is 0 Å². The van der Waals surface area contributed by atoms with Crippen LogP contribution in [0.5, 0.6) is 0 Å². The first-order valence-electron chi connectivity index (χ1n) is 12.4. The van der Waals surface area contributed by atoms with Crippen molar-refractivity contribution in [1.82, 2.24) is 9.80 Å². The van der Waals surface area contributed by atoms with Crippen LogP contribution in [0.25, 0.3) is 6.08 Å². The molecule has 11 heteroatoms. The van der Waals surface area contributed by atoms with E-state index in [-0.39, 0.29) is 22.2 Å². The first-order valence-corrected chi connectivity index (χ1v) is 13.2. The first-order chi connectivity index (χ1) is 19.1. The number of hydrogen-bond acceptors (Lipinski definition) is 5. The highest BCUT2D eigenvalue weighted by molar-refractivity contribution is 8.18. The van der Waals surface area contributed by atoms with Crippen LogP contribution in [0.15, 0.2) is 77.7 Å². The van der Waals surface area contributed by atoms with E-state index >= 15 is 0 Å². The maximum absolute atomic E-state index is 13.3. The summed E-state index contributed by atoms with van der Waals surface area (Å²) in [5, 5.41) is -0.653. The van der Waals surface area contributed by atoms with E-state index in [4.69, 9.17) is 0 Å². The third-order valence-electron chi connectivity index (χ3n) is 6.74. The van der Waals surface area contributed by atoms with Crippen LogP contribution in [0.3, 0.4) is 0 Å². The normalized spacial score (nSPS) is 17.2. The number of carbonyl (C=O) groups is 3. The zero-order valence-corrected chi connectivity index (χ0v) is 21.8. The van der Waals surface area contributed by atoms with Gasteiger partial charge in [0.2, 0.25) is 0 Å². The third-order valence-corrected chi connectivity index (χ3v) is 7.65. The van der Waals surface area contributed by atoms with Gasteiger partial charge < -0.3 is 9.80 Å². The van der Waals surface area contributed by atoms with Crippen molar-refractivity contribution in [2.24, 2.45) is 0 Å². The second-order valence-corrected chi connectivity index (χ2v) is 10.3. The minimum Gasteiger partial charge on any atom is -0.368 e. The molecule has 2 aliphatic rings. The summed E-state index contributed by atoms with van der Waals surface area (Å²) in [6, 6.07) is 17.6. The highest BCUT2D eigenvalue weighted by Gasteiger charge is 2.38. The summed E-state index contributed by atoms with van der Waals surface area (Å²) in [5.41, 5.74) is 0.866. The van der Waals surface area contributed by atoms with Gasteiger partial charge in [-0.25, -0.2) is 4.39 Å². The number of alkyl halides is 3. The Morgan fingerprint density at radius 1 is 0.875 bits per heavy atom. The van der Waals surface area contributed by atoms with Gasteiger partial charge in [-0.1, -0.05) is 30.3 Å². The van der Waals surface area contributed by atoms with E-state index in [1.807, 2.05) is 0 Å². The maximum Gasteiger partial charge on any atom is 0.416 e. The predicted molar refractivity (Wildman–Crippen MR) is 144 cm³/mol. The summed E-state index contributed by atoms with van der Waals surface area (Å²) >= 11 is 0.658. The number of nitrogens with zero attached hydrogens (tertiary/aromatic N) is 3. The Bertz CT molecular complexity index is 1470. The van der Waals surface area contributed by atoms with Crippen LogP contribution in [-0.2, 0) is 17.5 Å². The van der Waals surface area contributed by atoms with Crippen LogP contribution >= 0.6 is 11.8 Å². The van der Waals surface area contributed by atoms with E-state index < -0.39 is 29.4 Å². The van der Waals surface area contributed by atoms with Crippen molar-refractivity contribution in [2.45, 2.75) is 12.7 Å². The molecule has 0 N–H and O–H groups in total. The molecule has 6 nitrogen and oxygen atoms in total. The summed E-state index contributed by atoms with van der Waals surface area (Å²) in [7, 11) is 0. The number of thioether (sulfide) groups is 1.